The van der Waals surface area contributed by atoms with Crippen molar-refractivity contribution in [1.82, 2.24) is 10.2 Å². The van der Waals surface area contributed by atoms with Crippen molar-refractivity contribution < 1.29 is 24.6 Å². The van der Waals surface area contributed by atoms with E-state index in [1.54, 1.807) is 0 Å². The van der Waals surface area contributed by atoms with Crippen molar-refractivity contribution in [1.29, 1.82) is 0 Å². The van der Waals surface area contributed by atoms with Crippen LogP contribution in [0.25, 0.3) is 6.08 Å². The summed E-state index contributed by atoms with van der Waals surface area (Å²) in [6.45, 7) is 3.40. The summed E-state index contributed by atoms with van der Waals surface area (Å²) in [7, 11) is 0. The van der Waals surface area contributed by atoms with Crippen LogP contribution in [0.1, 0.15) is 5.56 Å². The summed E-state index contributed by atoms with van der Waals surface area (Å²) in [6, 6.07) is 3.02. The number of aromatic hydroxyl groups is 2. The Morgan fingerprint density at radius 1 is 1.19 bits per heavy atom. The molecule has 0 saturated carbocycles. The largest absolute Gasteiger partial charge is 0.504 e. The van der Waals surface area contributed by atoms with Crippen LogP contribution in [-0.4, -0.2) is 39.5 Å². The van der Waals surface area contributed by atoms with Gasteiger partial charge in [-0.15, -0.1) is 6.58 Å². The van der Waals surface area contributed by atoms with Gasteiger partial charge >= 0.3 is 6.03 Å². The fraction of sp³-hybridized carbons (Fsp3) is 0.0714. The average molecular weight is 288 g/mol. The molecule has 1 aliphatic rings. The van der Waals surface area contributed by atoms with E-state index in [-0.39, 0.29) is 23.6 Å². The fourth-order valence-corrected chi connectivity index (χ4v) is 1.79. The highest BCUT2D eigenvalue weighted by molar-refractivity contribution is 6.31. The van der Waals surface area contributed by atoms with Crippen LogP contribution in [0, 0.1) is 0 Å². The van der Waals surface area contributed by atoms with E-state index in [1.807, 2.05) is 5.32 Å². The van der Waals surface area contributed by atoms with E-state index in [9.17, 15) is 24.6 Å². The number of hydrogen-bond acceptors (Lipinski definition) is 5. The lowest BCUT2D eigenvalue weighted by molar-refractivity contribution is -0.129. The number of imide groups is 2. The first-order chi connectivity index (χ1) is 9.93. The molecular weight excluding hydrogens is 276 g/mol. The second-order valence-electron chi connectivity index (χ2n) is 4.27. The van der Waals surface area contributed by atoms with Gasteiger partial charge in [0.15, 0.2) is 11.5 Å². The minimum absolute atomic E-state index is 0.0316. The van der Waals surface area contributed by atoms with Crippen molar-refractivity contribution in [3.8, 4) is 11.5 Å². The van der Waals surface area contributed by atoms with Crippen molar-refractivity contribution in [3.63, 3.8) is 0 Å². The van der Waals surface area contributed by atoms with Crippen LogP contribution in [0.3, 0.4) is 0 Å². The number of nitrogens with one attached hydrogen (secondary N) is 1. The second kappa shape index (κ2) is 5.49. The molecule has 0 aromatic heterocycles. The lowest BCUT2D eigenvalue weighted by Crippen LogP contribution is -2.54. The van der Waals surface area contributed by atoms with Crippen molar-refractivity contribution in [2.45, 2.75) is 0 Å². The molecule has 7 nitrogen and oxygen atoms in total. The monoisotopic (exact) mass is 288 g/mol. The van der Waals surface area contributed by atoms with Crippen LogP contribution in [-0.2, 0) is 9.59 Å². The molecule has 1 aromatic carbocycles. The van der Waals surface area contributed by atoms with Gasteiger partial charge in [-0.05, 0) is 23.8 Å². The molecule has 1 heterocycles. The molecule has 0 aliphatic carbocycles. The number of urea groups is 1. The number of amides is 4. The lowest BCUT2D eigenvalue weighted by atomic mass is 10.1. The van der Waals surface area contributed by atoms with Crippen LogP contribution in [0.5, 0.6) is 11.5 Å². The first-order valence-electron chi connectivity index (χ1n) is 5.95. The zero-order chi connectivity index (χ0) is 15.6. The third-order valence-electron chi connectivity index (χ3n) is 2.81. The van der Waals surface area contributed by atoms with Gasteiger partial charge in [0, 0.05) is 6.54 Å². The minimum Gasteiger partial charge on any atom is -0.504 e. The second-order valence-corrected chi connectivity index (χ2v) is 4.27. The van der Waals surface area contributed by atoms with Crippen molar-refractivity contribution in [3.05, 3.63) is 42.0 Å². The number of rotatable bonds is 3. The summed E-state index contributed by atoms with van der Waals surface area (Å²) in [4.78, 5) is 36.2. The summed E-state index contributed by atoms with van der Waals surface area (Å²) in [5, 5.41) is 20.7. The van der Waals surface area contributed by atoms with E-state index in [4.69, 9.17) is 0 Å². The van der Waals surface area contributed by atoms with Crippen molar-refractivity contribution in [2.75, 3.05) is 6.54 Å². The zero-order valence-electron chi connectivity index (χ0n) is 10.9. The van der Waals surface area contributed by atoms with Gasteiger partial charge in [0.05, 0.1) is 0 Å². The molecule has 2 rings (SSSR count). The third-order valence-corrected chi connectivity index (χ3v) is 2.81. The number of nitrogens with zero attached hydrogens (tertiary/aromatic N) is 1. The summed E-state index contributed by atoms with van der Waals surface area (Å²) in [6.07, 6.45) is 2.58. The molecule has 108 valence electrons. The highest BCUT2D eigenvalue weighted by atomic mass is 16.3. The van der Waals surface area contributed by atoms with Crippen LogP contribution in [0.15, 0.2) is 36.4 Å². The molecule has 0 radical (unpaired) electrons. The van der Waals surface area contributed by atoms with Gasteiger partial charge in [0.1, 0.15) is 5.57 Å². The van der Waals surface area contributed by atoms with Crippen LogP contribution < -0.4 is 5.32 Å². The summed E-state index contributed by atoms with van der Waals surface area (Å²) in [5.41, 5.74) is 0.0817. The molecule has 1 aromatic rings. The smallest absolute Gasteiger partial charge is 0.331 e. The Bertz CT molecular complexity index is 678. The first kappa shape index (κ1) is 14.3. The normalized spacial score (nSPS) is 17.0. The molecule has 4 amide bonds. The van der Waals surface area contributed by atoms with E-state index in [2.05, 4.69) is 6.58 Å². The molecule has 21 heavy (non-hydrogen) atoms. The first-order valence-corrected chi connectivity index (χ1v) is 5.95. The standard InChI is InChI=1S/C14H12N2O5/c1-2-5-16-13(20)9(12(19)15-14(16)21)6-8-3-4-10(17)11(18)7-8/h2-4,6-7,17-18H,1,5H2,(H,15,19,21)/b9-6+. The Balaban J connectivity index is 2.40. The number of phenols is 2. The summed E-state index contributed by atoms with van der Waals surface area (Å²) < 4.78 is 0. The van der Waals surface area contributed by atoms with E-state index in [0.717, 1.165) is 4.90 Å². The predicted molar refractivity (Wildman–Crippen MR) is 73.2 cm³/mol. The number of barbiturate groups is 1. The van der Waals surface area contributed by atoms with Crippen LogP contribution in [0.4, 0.5) is 4.79 Å². The zero-order valence-corrected chi connectivity index (χ0v) is 10.9. The van der Waals surface area contributed by atoms with E-state index in [1.165, 1.54) is 30.4 Å². The Morgan fingerprint density at radius 2 is 1.90 bits per heavy atom. The Labute approximate surface area is 119 Å². The summed E-state index contributed by atoms with van der Waals surface area (Å²) in [5.74, 6) is -2.28. The number of benzene rings is 1. The fourth-order valence-electron chi connectivity index (χ4n) is 1.79. The molecule has 7 heteroatoms. The average Bonchev–Trinajstić information content (AvgIpc) is 2.43. The molecule has 0 atom stereocenters. The molecule has 3 N–H and O–H groups in total. The predicted octanol–water partition coefficient (Wildman–Crippen LogP) is 0.746. The van der Waals surface area contributed by atoms with E-state index < -0.39 is 17.8 Å². The summed E-state index contributed by atoms with van der Waals surface area (Å²) >= 11 is 0. The molecule has 1 fully saturated rings. The van der Waals surface area contributed by atoms with Gasteiger partial charge < -0.3 is 10.2 Å². The van der Waals surface area contributed by atoms with Gasteiger partial charge in [0.2, 0.25) is 0 Å². The van der Waals surface area contributed by atoms with Crippen molar-refractivity contribution >= 4 is 23.9 Å². The third kappa shape index (κ3) is 2.76. The van der Waals surface area contributed by atoms with Gasteiger partial charge in [-0.2, -0.15) is 0 Å². The molecule has 0 bridgehead atoms. The number of carbonyl (C=O) groups is 3. The lowest BCUT2D eigenvalue weighted by Gasteiger charge is -2.25. The SMILES string of the molecule is C=CCN1C(=O)NC(=O)/C(=C\c2ccc(O)c(O)c2)C1=O. The molecule has 0 unspecified atom stereocenters. The van der Waals surface area contributed by atoms with Gasteiger partial charge in [-0.1, -0.05) is 12.1 Å². The topological polar surface area (TPSA) is 107 Å². The molecule has 0 spiro atoms. The van der Waals surface area contributed by atoms with Crippen molar-refractivity contribution in [2.24, 2.45) is 0 Å². The molecular formula is C14H12N2O5. The van der Waals surface area contributed by atoms with Gasteiger partial charge in [-0.25, -0.2) is 4.79 Å². The van der Waals surface area contributed by atoms with Crippen LogP contribution in [0.2, 0.25) is 0 Å². The highest BCUT2D eigenvalue weighted by Crippen LogP contribution is 2.26. The quantitative estimate of drug-likeness (QED) is 0.329. The minimum atomic E-state index is -0.821. The highest BCUT2D eigenvalue weighted by Gasteiger charge is 2.34. The van der Waals surface area contributed by atoms with Gasteiger partial charge in [0.25, 0.3) is 11.8 Å². The maximum Gasteiger partial charge on any atom is 0.331 e. The maximum absolute atomic E-state index is 12.1. The molecule has 1 aliphatic heterocycles. The van der Waals surface area contributed by atoms with E-state index >= 15 is 0 Å². The molecule has 1 saturated heterocycles. The van der Waals surface area contributed by atoms with Crippen LogP contribution >= 0.6 is 0 Å². The number of hydrogen-bond donors (Lipinski definition) is 3. The maximum atomic E-state index is 12.1. The Kier molecular flexibility index (Phi) is 3.75. The Morgan fingerprint density at radius 3 is 2.52 bits per heavy atom. The Hall–Kier alpha value is -3.09. The van der Waals surface area contributed by atoms with Gasteiger partial charge in [-0.3, -0.25) is 19.8 Å². The number of phenolic OH excluding ortho intramolecular Hbond substituents is 2. The number of carbonyl (C=O) groups excluding carboxylic acids is 3. The van der Waals surface area contributed by atoms with E-state index in [0.29, 0.717) is 5.56 Å².